The van der Waals surface area contributed by atoms with E-state index in [9.17, 15) is 0 Å². The first kappa shape index (κ1) is 10.8. The van der Waals surface area contributed by atoms with Crippen molar-refractivity contribution in [3.63, 3.8) is 0 Å². The molecule has 1 saturated carbocycles. The fourth-order valence-corrected chi connectivity index (χ4v) is 1.10. The van der Waals surface area contributed by atoms with E-state index >= 15 is 0 Å². The van der Waals surface area contributed by atoms with E-state index in [2.05, 4.69) is 10.2 Å². The Morgan fingerprint density at radius 2 is 0.917 bits per heavy atom. The van der Waals surface area contributed by atoms with Gasteiger partial charge in [0, 0.05) is 0 Å². The number of hydrogen-bond acceptors (Lipinski definition) is 4. The highest BCUT2D eigenvalue weighted by molar-refractivity contribution is 5.37. The fraction of sp³-hybridized carbons (Fsp3) is 0.750. The second kappa shape index (κ2) is 9.76. The van der Waals surface area contributed by atoms with Gasteiger partial charge in [0.15, 0.2) is 0 Å². The fourth-order valence-electron chi connectivity index (χ4n) is 1.10. The maximum Gasteiger partial charge on any atom is 0.261 e. The SMILES string of the molecule is C1CCCCC1.O=C=NN=C=O. The Morgan fingerprint density at radius 1 is 0.667 bits per heavy atom. The van der Waals surface area contributed by atoms with Gasteiger partial charge in [0.2, 0.25) is 0 Å². The molecule has 1 fully saturated rings. The first-order valence-electron chi connectivity index (χ1n) is 4.06. The van der Waals surface area contributed by atoms with Crippen LogP contribution in [0.25, 0.3) is 0 Å². The summed E-state index contributed by atoms with van der Waals surface area (Å²) in [7, 11) is 0. The van der Waals surface area contributed by atoms with E-state index in [-0.39, 0.29) is 0 Å². The molecule has 0 amide bonds. The lowest BCUT2D eigenvalue weighted by molar-refractivity contribution is 0.504. The minimum absolute atomic E-state index is 1.01. The zero-order valence-corrected chi connectivity index (χ0v) is 6.95. The number of isocyanates is 2. The van der Waals surface area contributed by atoms with E-state index in [0.29, 0.717) is 0 Å². The molecule has 0 heterocycles. The summed E-state index contributed by atoms with van der Waals surface area (Å²) < 4.78 is 0. The first-order chi connectivity index (χ1) is 5.91. The van der Waals surface area contributed by atoms with Crippen LogP contribution in [0, 0.1) is 0 Å². The molecule has 0 unspecified atom stereocenters. The molecule has 0 aromatic carbocycles. The van der Waals surface area contributed by atoms with Crippen molar-refractivity contribution in [1.29, 1.82) is 0 Å². The summed E-state index contributed by atoms with van der Waals surface area (Å²) in [4.78, 5) is 18.0. The van der Waals surface area contributed by atoms with Gasteiger partial charge in [-0.05, 0) is 0 Å². The summed E-state index contributed by atoms with van der Waals surface area (Å²) in [6.07, 6.45) is 11.0. The third-order valence-corrected chi connectivity index (χ3v) is 1.63. The van der Waals surface area contributed by atoms with Crippen molar-refractivity contribution in [2.24, 2.45) is 10.2 Å². The molecule has 1 rings (SSSR count). The van der Waals surface area contributed by atoms with Crippen molar-refractivity contribution in [2.45, 2.75) is 38.5 Å². The van der Waals surface area contributed by atoms with Gasteiger partial charge in [0.1, 0.15) is 0 Å². The van der Waals surface area contributed by atoms with Gasteiger partial charge >= 0.3 is 0 Å². The number of nitrogens with zero attached hydrogens (tertiary/aromatic N) is 2. The second-order valence-corrected chi connectivity index (χ2v) is 2.50. The Bertz CT molecular complexity index is 160. The van der Waals surface area contributed by atoms with Crippen LogP contribution in [0.1, 0.15) is 38.5 Å². The Kier molecular flexibility index (Phi) is 8.75. The third kappa shape index (κ3) is 8.76. The van der Waals surface area contributed by atoms with Crippen molar-refractivity contribution in [3.05, 3.63) is 0 Å². The van der Waals surface area contributed by atoms with E-state index in [4.69, 9.17) is 9.59 Å². The minimum atomic E-state index is 1.01. The minimum Gasteiger partial charge on any atom is -0.209 e. The predicted molar refractivity (Wildman–Crippen MR) is 43.9 cm³/mol. The standard InChI is InChI=1S/C6H12.C2N2O2/c1-2-4-6-5-3-1;5-1-3-4-2-6/h1-6H2;. The van der Waals surface area contributed by atoms with Gasteiger partial charge in [0.25, 0.3) is 12.2 Å². The molecular weight excluding hydrogens is 156 g/mol. The van der Waals surface area contributed by atoms with E-state index in [1.54, 1.807) is 0 Å². The summed E-state index contributed by atoms with van der Waals surface area (Å²) in [5, 5.41) is 4.97. The van der Waals surface area contributed by atoms with Crippen LogP contribution in [0.3, 0.4) is 0 Å². The van der Waals surface area contributed by atoms with Crippen LogP contribution >= 0.6 is 0 Å². The summed E-state index contributed by atoms with van der Waals surface area (Å²) >= 11 is 0. The summed E-state index contributed by atoms with van der Waals surface area (Å²) in [5.41, 5.74) is 0. The third-order valence-electron chi connectivity index (χ3n) is 1.63. The predicted octanol–water partition coefficient (Wildman–Crippen LogP) is 1.91. The summed E-state index contributed by atoms with van der Waals surface area (Å²) in [6, 6.07) is 0. The molecule has 0 aromatic rings. The molecule has 0 saturated heterocycles. The molecule has 1 aliphatic rings. The molecule has 0 spiro atoms. The Hall–Kier alpha value is -1.24. The van der Waals surface area contributed by atoms with Crippen LogP contribution < -0.4 is 0 Å². The number of rotatable bonds is 1. The molecule has 4 heteroatoms. The normalized spacial score (nSPS) is 14.3. The molecule has 0 aromatic heterocycles. The van der Waals surface area contributed by atoms with Gasteiger partial charge < -0.3 is 0 Å². The highest BCUT2D eigenvalue weighted by Gasteiger charge is 1.95. The summed E-state index contributed by atoms with van der Waals surface area (Å²) in [6.45, 7) is 0. The van der Waals surface area contributed by atoms with Crippen LogP contribution in [0.2, 0.25) is 0 Å². The number of carbonyl (C=O) groups excluding carboxylic acids is 2. The molecule has 0 bridgehead atoms. The van der Waals surface area contributed by atoms with Gasteiger partial charge in [-0.15, -0.1) is 0 Å². The zero-order chi connectivity index (χ0) is 9.07. The smallest absolute Gasteiger partial charge is 0.209 e. The quantitative estimate of drug-likeness (QED) is 0.341. The van der Waals surface area contributed by atoms with E-state index < -0.39 is 0 Å². The van der Waals surface area contributed by atoms with Gasteiger partial charge in [0.05, 0.1) is 0 Å². The largest absolute Gasteiger partial charge is 0.261 e. The Balaban J connectivity index is 0.000000202. The first-order valence-corrected chi connectivity index (χ1v) is 4.06. The molecule has 0 aliphatic heterocycles. The van der Waals surface area contributed by atoms with Crippen molar-refractivity contribution in [3.8, 4) is 0 Å². The highest BCUT2D eigenvalue weighted by atomic mass is 16.1. The zero-order valence-electron chi connectivity index (χ0n) is 6.95. The molecule has 0 N–H and O–H groups in total. The molecule has 1 aliphatic carbocycles. The van der Waals surface area contributed by atoms with Crippen molar-refractivity contribution in [1.82, 2.24) is 0 Å². The molecular formula is C8H12N2O2. The van der Waals surface area contributed by atoms with Crippen LogP contribution in [-0.2, 0) is 9.59 Å². The lowest BCUT2D eigenvalue weighted by atomic mass is 10.0. The van der Waals surface area contributed by atoms with E-state index in [1.807, 2.05) is 0 Å². The van der Waals surface area contributed by atoms with Gasteiger partial charge in [-0.25, -0.2) is 9.59 Å². The van der Waals surface area contributed by atoms with Gasteiger partial charge in [-0.2, -0.15) is 0 Å². The molecule has 12 heavy (non-hydrogen) atoms. The number of hydrogen-bond donors (Lipinski definition) is 0. The maximum absolute atomic E-state index is 9.00. The summed E-state index contributed by atoms with van der Waals surface area (Å²) in [5.74, 6) is 0. The van der Waals surface area contributed by atoms with Crippen LogP contribution in [0.5, 0.6) is 0 Å². The lowest BCUT2D eigenvalue weighted by Crippen LogP contribution is -1.85. The van der Waals surface area contributed by atoms with Crippen molar-refractivity contribution >= 4 is 12.2 Å². The van der Waals surface area contributed by atoms with Gasteiger partial charge in [-0.1, -0.05) is 48.7 Å². The monoisotopic (exact) mass is 168 g/mol. The van der Waals surface area contributed by atoms with E-state index in [1.165, 1.54) is 38.5 Å². The lowest BCUT2D eigenvalue weighted by Gasteiger charge is -2.05. The second-order valence-electron chi connectivity index (χ2n) is 2.50. The van der Waals surface area contributed by atoms with E-state index in [0.717, 1.165) is 12.2 Å². The maximum atomic E-state index is 9.00. The molecule has 0 radical (unpaired) electrons. The Morgan fingerprint density at radius 3 is 1.08 bits per heavy atom. The van der Waals surface area contributed by atoms with Crippen molar-refractivity contribution < 1.29 is 9.59 Å². The van der Waals surface area contributed by atoms with Crippen LogP contribution in [-0.4, -0.2) is 12.2 Å². The average Bonchev–Trinajstić information content (AvgIpc) is 2.18. The highest BCUT2D eigenvalue weighted by Crippen LogP contribution is 2.15. The Labute approximate surface area is 71.4 Å². The average molecular weight is 168 g/mol. The van der Waals surface area contributed by atoms with Crippen molar-refractivity contribution in [2.75, 3.05) is 0 Å². The van der Waals surface area contributed by atoms with Crippen LogP contribution in [0.4, 0.5) is 0 Å². The molecule has 4 nitrogen and oxygen atoms in total. The molecule has 66 valence electrons. The van der Waals surface area contributed by atoms with Crippen LogP contribution in [0.15, 0.2) is 10.2 Å². The van der Waals surface area contributed by atoms with Gasteiger partial charge in [-0.3, -0.25) is 0 Å². The molecule has 0 atom stereocenters. The topological polar surface area (TPSA) is 58.9 Å².